The summed E-state index contributed by atoms with van der Waals surface area (Å²) in [7, 11) is 0. The molecule has 0 N–H and O–H groups in total. The molecule has 1 aliphatic carbocycles. The van der Waals surface area contributed by atoms with Gasteiger partial charge in [-0.3, -0.25) is 4.79 Å². The maximum atomic E-state index is 11.0. The highest BCUT2D eigenvalue weighted by atomic mass is 16.6. The first-order valence-corrected chi connectivity index (χ1v) is 4.61. The number of carbonyl (C=O) groups is 2. The normalized spacial score (nSPS) is 14.6. The summed E-state index contributed by atoms with van der Waals surface area (Å²) in [6.45, 7) is 5.05. The van der Waals surface area contributed by atoms with Gasteiger partial charge in [-0.1, -0.05) is 6.58 Å². The van der Waals surface area contributed by atoms with Crippen molar-refractivity contribution in [1.29, 1.82) is 0 Å². The summed E-state index contributed by atoms with van der Waals surface area (Å²) in [5, 5.41) is 0. The van der Waals surface area contributed by atoms with Crippen LogP contribution < -0.4 is 0 Å². The smallest absolute Gasteiger partial charge is 0.333 e. The minimum atomic E-state index is -0.468. The zero-order valence-electron chi connectivity index (χ0n) is 8.25. The molecule has 1 rings (SSSR count). The topological polar surface area (TPSA) is 52.6 Å². The average Bonchev–Trinajstić information content (AvgIpc) is 2.87. The zero-order chi connectivity index (χ0) is 10.6. The van der Waals surface area contributed by atoms with Gasteiger partial charge in [0.1, 0.15) is 12.7 Å². The fourth-order valence-electron chi connectivity index (χ4n) is 0.781. The van der Waals surface area contributed by atoms with Crippen molar-refractivity contribution < 1.29 is 19.1 Å². The Morgan fingerprint density at radius 2 is 2.07 bits per heavy atom. The first-order chi connectivity index (χ1) is 6.59. The second kappa shape index (κ2) is 4.79. The van der Waals surface area contributed by atoms with Gasteiger partial charge >= 0.3 is 11.9 Å². The van der Waals surface area contributed by atoms with Crippen LogP contribution in [0, 0.1) is 0 Å². The van der Waals surface area contributed by atoms with Crippen LogP contribution in [0.15, 0.2) is 12.2 Å². The van der Waals surface area contributed by atoms with Gasteiger partial charge in [-0.05, 0) is 19.8 Å². The van der Waals surface area contributed by atoms with Crippen molar-refractivity contribution in [2.24, 2.45) is 0 Å². The van der Waals surface area contributed by atoms with Crippen molar-refractivity contribution in [3.63, 3.8) is 0 Å². The SMILES string of the molecule is C=C(C)C(=O)OCCC(=O)OC1CC1. The van der Waals surface area contributed by atoms with Crippen LogP contribution in [0.5, 0.6) is 0 Å². The van der Waals surface area contributed by atoms with Crippen LogP contribution in [0.3, 0.4) is 0 Å². The van der Waals surface area contributed by atoms with Crippen LogP contribution >= 0.6 is 0 Å². The molecule has 1 saturated carbocycles. The van der Waals surface area contributed by atoms with Crippen LogP contribution in [0.1, 0.15) is 26.2 Å². The van der Waals surface area contributed by atoms with Gasteiger partial charge in [0.25, 0.3) is 0 Å². The zero-order valence-corrected chi connectivity index (χ0v) is 8.25. The van der Waals surface area contributed by atoms with Gasteiger partial charge in [0, 0.05) is 5.57 Å². The first kappa shape index (κ1) is 10.8. The van der Waals surface area contributed by atoms with Gasteiger partial charge in [0.2, 0.25) is 0 Å². The molecular formula is C10H14O4. The lowest BCUT2D eigenvalue weighted by molar-refractivity contribution is -0.148. The van der Waals surface area contributed by atoms with Crippen LogP contribution in [-0.2, 0) is 19.1 Å². The van der Waals surface area contributed by atoms with E-state index in [1.165, 1.54) is 0 Å². The minimum Gasteiger partial charge on any atom is -0.462 e. The van der Waals surface area contributed by atoms with Crippen LogP contribution in [-0.4, -0.2) is 24.6 Å². The third-order valence-corrected chi connectivity index (χ3v) is 1.71. The number of hydrogen-bond donors (Lipinski definition) is 0. The van der Waals surface area contributed by atoms with E-state index in [-0.39, 0.29) is 25.1 Å². The third-order valence-electron chi connectivity index (χ3n) is 1.71. The van der Waals surface area contributed by atoms with E-state index in [2.05, 4.69) is 6.58 Å². The summed E-state index contributed by atoms with van der Waals surface area (Å²) in [5.74, 6) is -0.772. The highest BCUT2D eigenvalue weighted by molar-refractivity contribution is 5.87. The molecule has 4 heteroatoms. The Kier molecular flexibility index (Phi) is 3.68. The highest BCUT2D eigenvalue weighted by Gasteiger charge is 2.25. The molecule has 1 aliphatic rings. The number of carbonyl (C=O) groups excluding carboxylic acids is 2. The molecule has 0 aliphatic heterocycles. The lowest BCUT2D eigenvalue weighted by Gasteiger charge is -2.04. The predicted octanol–water partition coefficient (Wildman–Crippen LogP) is 1.20. The van der Waals surface area contributed by atoms with E-state index in [9.17, 15) is 9.59 Å². The quantitative estimate of drug-likeness (QED) is 0.492. The second-order valence-corrected chi connectivity index (χ2v) is 3.36. The third kappa shape index (κ3) is 4.07. The Hall–Kier alpha value is -1.32. The number of esters is 2. The van der Waals surface area contributed by atoms with Crippen molar-refractivity contribution in [1.82, 2.24) is 0 Å². The molecule has 0 atom stereocenters. The van der Waals surface area contributed by atoms with Crippen molar-refractivity contribution >= 4 is 11.9 Å². The molecular weight excluding hydrogens is 184 g/mol. The van der Waals surface area contributed by atoms with E-state index in [4.69, 9.17) is 9.47 Å². The molecule has 0 heterocycles. The summed E-state index contributed by atoms with van der Waals surface area (Å²) >= 11 is 0. The highest BCUT2D eigenvalue weighted by Crippen LogP contribution is 2.23. The summed E-state index contributed by atoms with van der Waals surface area (Å²) in [5.41, 5.74) is 0.334. The molecule has 0 spiro atoms. The second-order valence-electron chi connectivity index (χ2n) is 3.36. The standard InChI is InChI=1S/C10H14O4/c1-7(2)10(12)13-6-5-9(11)14-8-3-4-8/h8H,1,3-6H2,2H3. The van der Waals surface area contributed by atoms with E-state index >= 15 is 0 Å². The van der Waals surface area contributed by atoms with Crippen molar-refractivity contribution in [2.75, 3.05) is 6.61 Å². The van der Waals surface area contributed by atoms with Crippen LogP contribution in [0.2, 0.25) is 0 Å². The monoisotopic (exact) mass is 198 g/mol. The predicted molar refractivity (Wildman–Crippen MR) is 49.5 cm³/mol. The van der Waals surface area contributed by atoms with Gasteiger partial charge in [-0.2, -0.15) is 0 Å². The van der Waals surface area contributed by atoms with Gasteiger partial charge in [0.05, 0.1) is 6.42 Å². The molecule has 4 nitrogen and oxygen atoms in total. The number of rotatable bonds is 5. The minimum absolute atomic E-state index is 0.0667. The molecule has 0 amide bonds. The Morgan fingerprint density at radius 1 is 1.43 bits per heavy atom. The molecule has 0 aromatic heterocycles. The van der Waals surface area contributed by atoms with E-state index in [1.807, 2.05) is 0 Å². The van der Waals surface area contributed by atoms with Gasteiger partial charge < -0.3 is 9.47 Å². The Labute approximate surface area is 82.9 Å². The van der Waals surface area contributed by atoms with Gasteiger partial charge in [0.15, 0.2) is 0 Å². The van der Waals surface area contributed by atoms with Gasteiger partial charge in [-0.25, -0.2) is 4.79 Å². The first-order valence-electron chi connectivity index (χ1n) is 4.61. The molecule has 0 radical (unpaired) electrons. The Bertz CT molecular complexity index is 253. The average molecular weight is 198 g/mol. The van der Waals surface area contributed by atoms with Crippen LogP contribution in [0.4, 0.5) is 0 Å². The van der Waals surface area contributed by atoms with Crippen molar-refractivity contribution in [3.05, 3.63) is 12.2 Å². The molecule has 0 bridgehead atoms. The molecule has 14 heavy (non-hydrogen) atoms. The largest absolute Gasteiger partial charge is 0.462 e. The van der Waals surface area contributed by atoms with E-state index in [0.717, 1.165) is 12.8 Å². The van der Waals surface area contributed by atoms with Crippen LogP contribution in [0.25, 0.3) is 0 Å². The molecule has 0 saturated heterocycles. The molecule has 78 valence electrons. The summed E-state index contributed by atoms with van der Waals surface area (Å²) in [6.07, 6.45) is 2.14. The Balaban J connectivity index is 2.04. The van der Waals surface area contributed by atoms with Crippen molar-refractivity contribution in [3.8, 4) is 0 Å². The van der Waals surface area contributed by atoms with Gasteiger partial charge in [-0.15, -0.1) is 0 Å². The number of hydrogen-bond acceptors (Lipinski definition) is 4. The Morgan fingerprint density at radius 3 is 2.57 bits per heavy atom. The molecule has 0 aromatic carbocycles. The fraction of sp³-hybridized carbons (Fsp3) is 0.600. The molecule has 0 aromatic rings. The van der Waals surface area contributed by atoms with E-state index < -0.39 is 5.97 Å². The maximum Gasteiger partial charge on any atom is 0.333 e. The number of ether oxygens (including phenoxy) is 2. The van der Waals surface area contributed by atoms with Crippen molar-refractivity contribution in [2.45, 2.75) is 32.3 Å². The van der Waals surface area contributed by atoms with E-state index in [1.54, 1.807) is 6.92 Å². The summed E-state index contributed by atoms with van der Waals surface area (Å²) in [4.78, 5) is 21.9. The molecule has 0 unspecified atom stereocenters. The molecule has 1 fully saturated rings. The fourth-order valence-corrected chi connectivity index (χ4v) is 0.781. The lowest BCUT2D eigenvalue weighted by Crippen LogP contribution is -2.12. The summed E-state index contributed by atoms with van der Waals surface area (Å²) < 4.78 is 9.69. The summed E-state index contributed by atoms with van der Waals surface area (Å²) in [6, 6.07) is 0. The lowest BCUT2D eigenvalue weighted by atomic mass is 10.4. The van der Waals surface area contributed by atoms with E-state index in [0.29, 0.717) is 5.57 Å². The maximum absolute atomic E-state index is 11.0.